The number of aromatic nitrogens is 3. The van der Waals surface area contributed by atoms with Crippen molar-refractivity contribution < 1.29 is 22.7 Å². The van der Waals surface area contributed by atoms with Gasteiger partial charge in [0.1, 0.15) is 6.54 Å². The van der Waals surface area contributed by atoms with Gasteiger partial charge in [0.25, 0.3) is 5.56 Å². The van der Waals surface area contributed by atoms with E-state index < -0.39 is 12.7 Å². The van der Waals surface area contributed by atoms with Crippen molar-refractivity contribution in [2.45, 2.75) is 44.7 Å². The molecule has 3 rings (SSSR count). The summed E-state index contributed by atoms with van der Waals surface area (Å²) in [6.45, 7) is 3.99. The number of methoxy groups -OCH3 is 1. The second-order valence-electron chi connectivity index (χ2n) is 7.59. The predicted octanol–water partition coefficient (Wildman–Crippen LogP) is 4.56. The van der Waals surface area contributed by atoms with E-state index in [0.717, 1.165) is 16.3 Å². The average Bonchev–Trinajstić information content (AvgIpc) is 2.99. The molecule has 1 atom stereocenters. The fraction of sp³-hybridized carbons (Fsp3) is 0.409. The van der Waals surface area contributed by atoms with E-state index in [0.29, 0.717) is 21.8 Å². The number of halogens is 3. The Morgan fingerprint density at radius 3 is 2.59 bits per heavy atom. The zero-order valence-electron chi connectivity index (χ0n) is 18.2. The van der Waals surface area contributed by atoms with Crippen LogP contribution in [0.4, 0.5) is 13.2 Å². The number of aryl methyl sites for hydroxylation is 1. The maximum atomic E-state index is 13.1. The number of Topliss-reactive ketones (excluding diaryl/α,β-unsaturated/α-hetero) is 1. The van der Waals surface area contributed by atoms with Gasteiger partial charge < -0.3 is 9.30 Å². The van der Waals surface area contributed by atoms with Crippen molar-refractivity contribution in [2.75, 3.05) is 19.5 Å². The molecule has 0 aliphatic heterocycles. The molecule has 0 fully saturated rings. The standard InChI is InChI=1S/C22H24F3N3O3S/c1-13-9-17(15(3)27(13)12-22(23,24)25)19(29)11-32-21-26-18-8-6-5-7-16(18)20(30)28(21)14(2)10-31-4/h5-9,14H,10-12H2,1-4H3. The molecule has 0 spiro atoms. The summed E-state index contributed by atoms with van der Waals surface area (Å²) in [7, 11) is 1.53. The lowest BCUT2D eigenvalue weighted by molar-refractivity contribution is -0.141. The van der Waals surface area contributed by atoms with E-state index in [4.69, 9.17) is 4.74 Å². The Kier molecular flexibility index (Phi) is 7.14. The van der Waals surface area contributed by atoms with E-state index in [2.05, 4.69) is 4.98 Å². The number of thioether (sulfide) groups is 1. The Morgan fingerprint density at radius 2 is 1.94 bits per heavy atom. The number of carbonyl (C=O) groups is 1. The minimum atomic E-state index is -4.38. The third-order valence-electron chi connectivity index (χ3n) is 5.17. The smallest absolute Gasteiger partial charge is 0.383 e. The Labute approximate surface area is 187 Å². The third-order valence-corrected chi connectivity index (χ3v) is 6.12. The van der Waals surface area contributed by atoms with Gasteiger partial charge in [-0.1, -0.05) is 23.9 Å². The van der Waals surface area contributed by atoms with Gasteiger partial charge in [0.15, 0.2) is 10.9 Å². The molecule has 0 saturated carbocycles. The number of fused-ring (bicyclic) bond motifs is 1. The molecule has 2 heterocycles. The molecule has 3 aromatic rings. The Bertz CT molecular complexity index is 1200. The summed E-state index contributed by atoms with van der Waals surface area (Å²) < 4.78 is 46.4. The molecule has 0 aliphatic rings. The molecule has 0 saturated heterocycles. The molecule has 0 radical (unpaired) electrons. The number of rotatable bonds is 8. The number of para-hydroxylation sites is 1. The van der Waals surface area contributed by atoms with Crippen LogP contribution in [-0.2, 0) is 11.3 Å². The van der Waals surface area contributed by atoms with Gasteiger partial charge in [0.2, 0.25) is 0 Å². The van der Waals surface area contributed by atoms with Crippen molar-refractivity contribution in [2.24, 2.45) is 0 Å². The van der Waals surface area contributed by atoms with Crippen LogP contribution in [0.5, 0.6) is 0 Å². The number of ether oxygens (including phenoxy) is 1. The van der Waals surface area contributed by atoms with Gasteiger partial charge >= 0.3 is 6.18 Å². The lowest BCUT2D eigenvalue weighted by Gasteiger charge is -2.18. The summed E-state index contributed by atoms with van der Waals surface area (Å²) >= 11 is 1.09. The molecule has 32 heavy (non-hydrogen) atoms. The van der Waals surface area contributed by atoms with E-state index in [9.17, 15) is 22.8 Å². The topological polar surface area (TPSA) is 66.1 Å². The summed E-state index contributed by atoms with van der Waals surface area (Å²) in [5.41, 5.74) is 1.14. The zero-order valence-corrected chi connectivity index (χ0v) is 19.0. The average molecular weight is 468 g/mol. The quantitative estimate of drug-likeness (QED) is 0.276. The molecule has 0 bridgehead atoms. The maximum Gasteiger partial charge on any atom is 0.406 e. The van der Waals surface area contributed by atoms with Crippen LogP contribution >= 0.6 is 11.8 Å². The van der Waals surface area contributed by atoms with Gasteiger partial charge in [-0.05, 0) is 39.0 Å². The van der Waals surface area contributed by atoms with Crippen molar-refractivity contribution in [3.63, 3.8) is 0 Å². The van der Waals surface area contributed by atoms with Crippen molar-refractivity contribution in [3.8, 4) is 0 Å². The van der Waals surface area contributed by atoms with E-state index in [-0.39, 0.29) is 41.0 Å². The number of carbonyl (C=O) groups excluding carboxylic acids is 1. The van der Waals surface area contributed by atoms with Crippen LogP contribution in [0.3, 0.4) is 0 Å². The fourth-order valence-electron chi connectivity index (χ4n) is 3.65. The molecule has 172 valence electrons. The first-order valence-corrected chi connectivity index (χ1v) is 10.9. The highest BCUT2D eigenvalue weighted by Crippen LogP contribution is 2.26. The lowest BCUT2D eigenvalue weighted by atomic mass is 10.2. The van der Waals surface area contributed by atoms with Crippen LogP contribution in [0.25, 0.3) is 10.9 Å². The van der Waals surface area contributed by atoms with Crippen molar-refractivity contribution in [1.29, 1.82) is 0 Å². The van der Waals surface area contributed by atoms with Gasteiger partial charge in [-0.15, -0.1) is 0 Å². The summed E-state index contributed by atoms with van der Waals surface area (Å²) in [4.78, 5) is 30.5. The second-order valence-corrected chi connectivity index (χ2v) is 8.53. The first-order valence-electron chi connectivity index (χ1n) is 9.93. The molecule has 1 unspecified atom stereocenters. The lowest BCUT2D eigenvalue weighted by Crippen LogP contribution is -2.28. The molecule has 0 aliphatic carbocycles. The largest absolute Gasteiger partial charge is 0.406 e. The molecule has 0 N–H and O–H groups in total. The molecule has 1 aromatic carbocycles. The first kappa shape index (κ1) is 24.1. The van der Waals surface area contributed by atoms with E-state index >= 15 is 0 Å². The van der Waals surface area contributed by atoms with E-state index in [1.54, 1.807) is 24.3 Å². The van der Waals surface area contributed by atoms with Crippen molar-refractivity contribution in [1.82, 2.24) is 14.1 Å². The number of benzene rings is 1. The zero-order chi connectivity index (χ0) is 23.6. The summed E-state index contributed by atoms with van der Waals surface area (Å²) in [6, 6.07) is 8.09. The van der Waals surface area contributed by atoms with Crippen LogP contribution in [0.15, 0.2) is 40.3 Å². The van der Waals surface area contributed by atoms with Gasteiger partial charge in [-0.25, -0.2) is 4.98 Å². The van der Waals surface area contributed by atoms with Crippen LogP contribution in [-0.4, -0.2) is 45.5 Å². The minimum Gasteiger partial charge on any atom is -0.383 e. The number of nitrogens with zero attached hydrogens (tertiary/aromatic N) is 3. The number of hydrogen-bond acceptors (Lipinski definition) is 5. The molecule has 10 heteroatoms. The second kappa shape index (κ2) is 9.50. The van der Waals surface area contributed by atoms with Crippen LogP contribution in [0.1, 0.15) is 34.7 Å². The van der Waals surface area contributed by atoms with Gasteiger partial charge in [-0.2, -0.15) is 13.2 Å². The highest BCUT2D eigenvalue weighted by atomic mass is 32.2. The summed E-state index contributed by atoms with van der Waals surface area (Å²) in [5.74, 6) is -0.397. The minimum absolute atomic E-state index is 0.0687. The molecule has 2 aromatic heterocycles. The summed E-state index contributed by atoms with van der Waals surface area (Å²) in [6.07, 6.45) is -4.38. The SMILES string of the molecule is COCC(C)n1c(SCC(=O)c2cc(C)n(CC(F)(F)F)c2C)nc2ccccc2c1=O. The molecule has 0 amide bonds. The Hall–Kier alpha value is -2.59. The van der Waals surface area contributed by atoms with Crippen LogP contribution in [0.2, 0.25) is 0 Å². The number of alkyl halides is 3. The Morgan fingerprint density at radius 1 is 1.25 bits per heavy atom. The Balaban J connectivity index is 1.92. The van der Waals surface area contributed by atoms with Crippen LogP contribution in [0, 0.1) is 13.8 Å². The molecular weight excluding hydrogens is 443 g/mol. The van der Waals surface area contributed by atoms with Gasteiger partial charge in [-0.3, -0.25) is 14.2 Å². The van der Waals surface area contributed by atoms with Crippen molar-refractivity contribution >= 4 is 28.4 Å². The van der Waals surface area contributed by atoms with Crippen LogP contribution < -0.4 is 5.56 Å². The molecule has 6 nitrogen and oxygen atoms in total. The van der Waals surface area contributed by atoms with Crippen molar-refractivity contribution in [3.05, 3.63) is 57.6 Å². The van der Waals surface area contributed by atoms with E-state index in [1.165, 1.54) is 31.6 Å². The number of hydrogen-bond donors (Lipinski definition) is 0. The normalized spacial score (nSPS) is 13.0. The summed E-state index contributed by atoms with van der Waals surface area (Å²) in [5, 5.41) is 0.817. The van der Waals surface area contributed by atoms with Gasteiger partial charge in [0, 0.05) is 24.1 Å². The third kappa shape index (κ3) is 5.07. The number of ketones is 1. The maximum absolute atomic E-state index is 13.1. The highest BCUT2D eigenvalue weighted by Gasteiger charge is 2.30. The predicted molar refractivity (Wildman–Crippen MR) is 118 cm³/mol. The molecular formula is C22H24F3N3O3S. The van der Waals surface area contributed by atoms with Gasteiger partial charge in [0.05, 0.1) is 29.3 Å². The first-order chi connectivity index (χ1) is 15.0. The van der Waals surface area contributed by atoms with E-state index in [1.807, 2.05) is 6.92 Å². The monoisotopic (exact) mass is 467 g/mol. The fourth-order valence-corrected chi connectivity index (χ4v) is 4.63. The highest BCUT2D eigenvalue weighted by molar-refractivity contribution is 7.99.